The number of fused-ring (bicyclic) bond motifs is 2. The van der Waals surface area contributed by atoms with Gasteiger partial charge in [-0.1, -0.05) is 45.9 Å². The Balaban J connectivity index is 1.78. The van der Waals surface area contributed by atoms with Crippen molar-refractivity contribution in [2.24, 2.45) is 5.73 Å². The summed E-state index contributed by atoms with van der Waals surface area (Å²) in [4.78, 5) is 37.4. The van der Waals surface area contributed by atoms with E-state index in [1.165, 1.54) is 22.9 Å². The number of hydrogen-bond acceptors (Lipinski definition) is 9. The maximum Gasteiger partial charge on any atom is 0.412 e. The minimum absolute atomic E-state index is 0.105. The van der Waals surface area contributed by atoms with E-state index in [-0.39, 0.29) is 22.3 Å². The molecule has 0 heterocycles. The highest BCUT2D eigenvalue weighted by molar-refractivity contribution is 8.76. The molecule has 29 heavy (non-hydrogen) atoms. The quantitative estimate of drug-likeness (QED) is 0.250. The van der Waals surface area contributed by atoms with Gasteiger partial charge in [0.1, 0.15) is 5.75 Å². The molecule has 10 heteroatoms. The van der Waals surface area contributed by atoms with Crippen molar-refractivity contribution < 1.29 is 29.3 Å². The Bertz CT molecular complexity index is 979. The third-order valence-electron chi connectivity index (χ3n) is 4.06. The molecule has 2 aromatic rings. The minimum atomic E-state index is -0.862. The van der Waals surface area contributed by atoms with Crippen molar-refractivity contribution in [3.05, 3.63) is 52.6 Å². The van der Waals surface area contributed by atoms with Crippen LogP contribution in [-0.4, -0.2) is 52.5 Å². The maximum absolute atomic E-state index is 12.8. The zero-order valence-corrected chi connectivity index (χ0v) is 16.8. The first kappa shape index (κ1) is 21.0. The first-order valence-electron chi connectivity index (χ1n) is 8.63. The topological polar surface area (TPSA) is 139 Å². The fraction of sp³-hybridized carbons (Fsp3) is 0.211. The highest BCUT2D eigenvalue weighted by Crippen LogP contribution is 2.43. The Labute approximate surface area is 174 Å². The van der Waals surface area contributed by atoms with Gasteiger partial charge in [-0.3, -0.25) is 9.59 Å². The van der Waals surface area contributed by atoms with Crippen LogP contribution in [0.4, 0.5) is 4.79 Å². The Morgan fingerprint density at radius 2 is 1.66 bits per heavy atom. The van der Waals surface area contributed by atoms with E-state index in [9.17, 15) is 24.6 Å². The van der Waals surface area contributed by atoms with Gasteiger partial charge in [0.05, 0.1) is 11.1 Å². The number of benzene rings is 2. The summed E-state index contributed by atoms with van der Waals surface area (Å²) in [5.41, 5.74) is 4.93. The van der Waals surface area contributed by atoms with Gasteiger partial charge < -0.3 is 26.0 Å². The summed E-state index contributed by atoms with van der Waals surface area (Å²) in [6.45, 7) is 0.878. The van der Waals surface area contributed by atoms with Crippen LogP contribution in [-0.2, 0) is 0 Å². The fourth-order valence-corrected chi connectivity index (χ4v) is 4.57. The van der Waals surface area contributed by atoms with Crippen molar-refractivity contribution in [1.82, 2.24) is 5.32 Å². The SMILES string of the molecule is NCCSSCCNC(=O)Oc1cc(O)c2c(c1O)C(=O)c1ccccc1C2=O. The molecular weight excluding hydrogens is 416 g/mol. The van der Waals surface area contributed by atoms with Crippen molar-refractivity contribution in [3.63, 3.8) is 0 Å². The highest BCUT2D eigenvalue weighted by Gasteiger charge is 2.36. The lowest BCUT2D eigenvalue weighted by Crippen LogP contribution is -2.29. The third kappa shape index (κ3) is 4.34. The van der Waals surface area contributed by atoms with Crippen LogP contribution in [0.1, 0.15) is 31.8 Å². The summed E-state index contributed by atoms with van der Waals surface area (Å²) < 4.78 is 5.03. The number of carbonyl (C=O) groups is 3. The molecule has 0 atom stereocenters. The molecule has 1 amide bonds. The lowest BCUT2D eigenvalue weighted by molar-refractivity contribution is 0.0973. The van der Waals surface area contributed by atoms with Crippen molar-refractivity contribution in [2.45, 2.75) is 0 Å². The molecule has 8 nitrogen and oxygen atoms in total. The Kier molecular flexibility index (Phi) is 6.68. The van der Waals surface area contributed by atoms with E-state index < -0.39 is 34.9 Å². The first-order chi connectivity index (χ1) is 14.0. The number of nitrogens with two attached hydrogens (primary N) is 1. The van der Waals surface area contributed by atoms with Crippen molar-refractivity contribution >= 4 is 39.2 Å². The lowest BCUT2D eigenvalue weighted by atomic mass is 9.83. The van der Waals surface area contributed by atoms with Gasteiger partial charge in [-0.25, -0.2) is 4.79 Å². The summed E-state index contributed by atoms with van der Waals surface area (Å²) >= 11 is 0. The molecule has 5 N–H and O–H groups in total. The Hall–Kier alpha value is -2.69. The molecule has 0 aliphatic heterocycles. The van der Waals surface area contributed by atoms with Gasteiger partial charge in [0.25, 0.3) is 0 Å². The molecule has 3 rings (SSSR count). The molecule has 0 saturated carbocycles. The Morgan fingerprint density at radius 3 is 2.31 bits per heavy atom. The number of ketones is 2. The van der Waals surface area contributed by atoms with Crippen LogP contribution >= 0.6 is 21.6 Å². The van der Waals surface area contributed by atoms with Crippen LogP contribution < -0.4 is 15.8 Å². The number of aromatic hydroxyl groups is 2. The molecule has 0 saturated heterocycles. The number of phenols is 2. The number of nitrogens with one attached hydrogen (secondary N) is 1. The molecule has 0 aromatic heterocycles. The van der Waals surface area contributed by atoms with Crippen LogP contribution in [0.5, 0.6) is 17.2 Å². The average Bonchev–Trinajstić information content (AvgIpc) is 2.71. The number of phenolic OH excluding ortho intramolecular Hbond substituents is 2. The van der Waals surface area contributed by atoms with E-state index >= 15 is 0 Å². The predicted molar refractivity (Wildman–Crippen MR) is 111 cm³/mol. The van der Waals surface area contributed by atoms with Crippen LogP contribution in [0, 0.1) is 0 Å². The normalized spacial score (nSPS) is 12.3. The second-order valence-corrected chi connectivity index (χ2v) is 8.65. The zero-order valence-electron chi connectivity index (χ0n) is 15.1. The molecule has 0 bridgehead atoms. The second kappa shape index (κ2) is 9.21. The van der Waals surface area contributed by atoms with Crippen LogP contribution in [0.3, 0.4) is 0 Å². The van der Waals surface area contributed by atoms with Gasteiger partial charge in [0.2, 0.25) is 0 Å². The number of hydrogen-bond donors (Lipinski definition) is 4. The van der Waals surface area contributed by atoms with E-state index in [4.69, 9.17) is 10.5 Å². The number of rotatable bonds is 7. The number of ether oxygens (including phenoxy) is 1. The molecule has 0 unspecified atom stereocenters. The van der Waals surface area contributed by atoms with E-state index in [0.717, 1.165) is 11.8 Å². The summed E-state index contributed by atoms with van der Waals surface area (Å²) in [7, 11) is 3.12. The van der Waals surface area contributed by atoms with Gasteiger partial charge in [0.15, 0.2) is 23.1 Å². The lowest BCUT2D eigenvalue weighted by Gasteiger charge is -2.20. The predicted octanol–water partition coefficient (Wildman–Crippen LogP) is 2.30. The highest BCUT2D eigenvalue weighted by atomic mass is 33.1. The third-order valence-corrected chi connectivity index (χ3v) is 6.50. The Morgan fingerprint density at radius 1 is 1.03 bits per heavy atom. The standard InChI is InChI=1S/C19H18N2O6S2/c20-5-7-28-29-8-6-21-19(26)27-13-9-12(22)14-15(18(13)25)17(24)11-4-2-1-3-10(11)16(14)23/h1-4,9,22,25H,5-8,20H2,(H,21,26). The van der Waals surface area contributed by atoms with E-state index in [1.54, 1.807) is 22.9 Å². The summed E-state index contributed by atoms with van der Waals surface area (Å²) in [5, 5.41) is 23.3. The zero-order chi connectivity index (χ0) is 21.0. The molecular formula is C19H18N2O6S2. The van der Waals surface area contributed by atoms with Crippen LogP contribution in [0.15, 0.2) is 30.3 Å². The summed E-state index contributed by atoms with van der Waals surface area (Å²) in [5.74, 6) is -1.45. The van der Waals surface area contributed by atoms with Crippen LogP contribution in [0.25, 0.3) is 0 Å². The average molecular weight is 434 g/mol. The first-order valence-corrected chi connectivity index (χ1v) is 11.1. The summed E-state index contributed by atoms with van der Waals surface area (Å²) in [6.07, 6.45) is -0.862. The van der Waals surface area contributed by atoms with E-state index in [0.29, 0.717) is 18.8 Å². The van der Waals surface area contributed by atoms with Crippen molar-refractivity contribution in [2.75, 3.05) is 24.6 Å². The van der Waals surface area contributed by atoms with Gasteiger partial charge in [-0.15, -0.1) is 0 Å². The monoisotopic (exact) mass is 434 g/mol. The van der Waals surface area contributed by atoms with E-state index in [1.807, 2.05) is 0 Å². The maximum atomic E-state index is 12.8. The van der Waals surface area contributed by atoms with Gasteiger partial charge in [-0.05, 0) is 0 Å². The van der Waals surface area contributed by atoms with Crippen molar-refractivity contribution in [1.29, 1.82) is 0 Å². The minimum Gasteiger partial charge on any atom is -0.507 e. The number of carbonyl (C=O) groups excluding carboxylic acids is 3. The van der Waals surface area contributed by atoms with Gasteiger partial charge in [-0.2, -0.15) is 0 Å². The molecule has 152 valence electrons. The molecule has 2 aromatic carbocycles. The largest absolute Gasteiger partial charge is 0.507 e. The fourth-order valence-electron chi connectivity index (χ4n) is 2.81. The van der Waals surface area contributed by atoms with Gasteiger partial charge >= 0.3 is 6.09 Å². The van der Waals surface area contributed by atoms with Gasteiger partial charge in [0, 0.05) is 41.8 Å². The van der Waals surface area contributed by atoms with Crippen LogP contribution in [0.2, 0.25) is 0 Å². The smallest absolute Gasteiger partial charge is 0.412 e. The molecule has 1 aliphatic carbocycles. The number of amides is 1. The molecule has 0 fully saturated rings. The molecule has 1 aliphatic rings. The molecule has 0 radical (unpaired) electrons. The van der Waals surface area contributed by atoms with Crippen molar-refractivity contribution in [3.8, 4) is 17.2 Å². The molecule has 0 spiro atoms. The summed E-state index contributed by atoms with van der Waals surface area (Å²) in [6, 6.07) is 7.05. The van der Waals surface area contributed by atoms with E-state index in [2.05, 4.69) is 5.32 Å². The second-order valence-electron chi connectivity index (χ2n) is 5.95.